The summed E-state index contributed by atoms with van der Waals surface area (Å²) in [6.07, 6.45) is 3.43. The van der Waals surface area contributed by atoms with E-state index in [-0.39, 0.29) is 17.7 Å². The summed E-state index contributed by atoms with van der Waals surface area (Å²) in [5.74, 6) is 0.210. The van der Waals surface area contributed by atoms with Crippen molar-refractivity contribution in [3.63, 3.8) is 0 Å². The Bertz CT molecular complexity index is 675. The third-order valence-corrected chi connectivity index (χ3v) is 5.27. The van der Waals surface area contributed by atoms with Crippen LogP contribution in [0.5, 0.6) is 0 Å². The summed E-state index contributed by atoms with van der Waals surface area (Å²) >= 11 is 0. The summed E-state index contributed by atoms with van der Waals surface area (Å²) in [7, 11) is 0. The molecule has 2 aliphatic heterocycles. The highest BCUT2D eigenvalue weighted by atomic mass is 16.2. The summed E-state index contributed by atoms with van der Waals surface area (Å²) in [4.78, 5) is 41.9. The molecule has 2 heterocycles. The minimum absolute atomic E-state index is 0.00287. The molecule has 0 aliphatic carbocycles. The molecule has 0 spiro atoms. The van der Waals surface area contributed by atoms with E-state index >= 15 is 0 Å². The van der Waals surface area contributed by atoms with Gasteiger partial charge in [0.05, 0.1) is 6.54 Å². The largest absolute Gasteiger partial charge is 0.342 e. The summed E-state index contributed by atoms with van der Waals surface area (Å²) in [5.41, 5.74) is 1.30. The lowest BCUT2D eigenvalue weighted by atomic mass is 10.1. The molecule has 2 fully saturated rings. The SMILES string of the molecule is CC(=O)c1ccc(NC(=O)N2CCN(CC(=O)N3CCCCC3)CC2)cc1. The van der Waals surface area contributed by atoms with Gasteiger partial charge in [-0.2, -0.15) is 0 Å². The van der Waals surface area contributed by atoms with Gasteiger partial charge in [0.1, 0.15) is 0 Å². The van der Waals surface area contributed by atoms with Crippen LogP contribution in [-0.4, -0.2) is 78.2 Å². The van der Waals surface area contributed by atoms with Crippen molar-refractivity contribution in [1.29, 1.82) is 0 Å². The molecule has 146 valence electrons. The zero-order valence-electron chi connectivity index (χ0n) is 15.9. The van der Waals surface area contributed by atoms with Gasteiger partial charge in [0.25, 0.3) is 0 Å². The Morgan fingerprint density at radius 2 is 1.48 bits per heavy atom. The molecule has 27 heavy (non-hydrogen) atoms. The Morgan fingerprint density at radius 1 is 0.852 bits per heavy atom. The number of hydrogen-bond acceptors (Lipinski definition) is 4. The molecule has 1 aromatic rings. The average Bonchev–Trinajstić information content (AvgIpc) is 2.69. The van der Waals surface area contributed by atoms with E-state index in [9.17, 15) is 14.4 Å². The van der Waals surface area contributed by atoms with Crippen LogP contribution in [0.1, 0.15) is 36.5 Å². The zero-order chi connectivity index (χ0) is 19.2. The van der Waals surface area contributed by atoms with Crippen molar-refractivity contribution >= 4 is 23.4 Å². The Labute approximate surface area is 160 Å². The fourth-order valence-corrected chi connectivity index (χ4v) is 3.53. The Balaban J connectivity index is 1.43. The molecule has 0 bridgehead atoms. The highest BCUT2D eigenvalue weighted by Gasteiger charge is 2.24. The number of rotatable bonds is 4. The molecular weight excluding hydrogens is 344 g/mol. The van der Waals surface area contributed by atoms with E-state index in [0.29, 0.717) is 44.0 Å². The number of piperidine rings is 1. The first kappa shape index (κ1) is 19.4. The van der Waals surface area contributed by atoms with Gasteiger partial charge in [0.2, 0.25) is 5.91 Å². The van der Waals surface area contributed by atoms with Crippen molar-refractivity contribution in [2.75, 3.05) is 51.1 Å². The van der Waals surface area contributed by atoms with Gasteiger partial charge in [-0.05, 0) is 50.5 Å². The lowest BCUT2D eigenvalue weighted by molar-refractivity contribution is -0.133. The highest BCUT2D eigenvalue weighted by Crippen LogP contribution is 2.13. The highest BCUT2D eigenvalue weighted by molar-refractivity contribution is 5.95. The maximum atomic E-state index is 12.4. The van der Waals surface area contributed by atoms with Crippen LogP contribution >= 0.6 is 0 Å². The summed E-state index contributed by atoms with van der Waals surface area (Å²) in [5, 5.41) is 2.87. The van der Waals surface area contributed by atoms with Crippen molar-refractivity contribution in [3.8, 4) is 0 Å². The molecule has 2 aliphatic rings. The molecule has 7 heteroatoms. The number of nitrogens with zero attached hydrogens (tertiary/aromatic N) is 3. The van der Waals surface area contributed by atoms with Crippen molar-refractivity contribution in [3.05, 3.63) is 29.8 Å². The predicted octanol–water partition coefficient (Wildman–Crippen LogP) is 2.05. The van der Waals surface area contributed by atoms with E-state index in [1.165, 1.54) is 13.3 Å². The van der Waals surface area contributed by atoms with E-state index in [0.717, 1.165) is 25.9 Å². The van der Waals surface area contributed by atoms with Crippen LogP contribution in [0, 0.1) is 0 Å². The Morgan fingerprint density at radius 3 is 2.07 bits per heavy atom. The second-order valence-electron chi connectivity index (χ2n) is 7.27. The van der Waals surface area contributed by atoms with Crippen molar-refractivity contribution < 1.29 is 14.4 Å². The van der Waals surface area contributed by atoms with Crippen molar-refractivity contribution in [2.45, 2.75) is 26.2 Å². The second kappa shape index (κ2) is 8.99. The number of hydrogen-bond donors (Lipinski definition) is 1. The maximum Gasteiger partial charge on any atom is 0.321 e. The first-order valence-corrected chi connectivity index (χ1v) is 9.70. The van der Waals surface area contributed by atoms with Crippen LogP contribution in [0.2, 0.25) is 0 Å². The molecule has 1 N–H and O–H groups in total. The number of carbonyl (C=O) groups excluding carboxylic acids is 3. The van der Waals surface area contributed by atoms with Crippen LogP contribution in [-0.2, 0) is 4.79 Å². The number of amides is 3. The first-order chi connectivity index (χ1) is 13.0. The number of carbonyl (C=O) groups is 3. The minimum atomic E-state index is -0.146. The van der Waals surface area contributed by atoms with Crippen LogP contribution in [0.25, 0.3) is 0 Å². The number of likely N-dealkylation sites (tertiary alicyclic amines) is 1. The number of Topliss-reactive ketones (excluding diaryl/α,β-unsaturated/α-hetero) is 1. The van der Waals surface area contributed by atoms with Crippen LogP contribution < -0.4 is 5.32 Å². The zero-order valence-corrected chi connectivity index (χ0v) is 15.9. The smallest absolute Gasteiger partial charge is 0.321 e. The molecule has 0 saturated carbocycles. The van der Waals surface area contributed by atoms with Gasteiger partial charge in [-0.25, -0.2) is 4.79 Å². The standard InChI is InChI=1S/C20H28N4O3/c1-16(25)17-5-7-18(8-6-17)21-20(27)24-13-11-22(12-14-24)15-19(26)23-9-3-2-4-10-23/h5-8H,2-4,9-15H2,1H3,(H,21,27). The van der Waals surface area contributed by atoms with Gasteiger partial charge in [-0.1, -0.05) is 0 Å². The van der Waals surface area contributed by atoms with Crippen LogP contribution in [0.3, 0.4) is 0 Å². The predicted molar refractivity (Wildman–Crippen MR) is 104 cm³/mol. The van der Waals surface area contributed by atoms with Gasteiger partial charge in [-0.3, -0.25) is 14.5 Å². The van der Waals surface area contributed by atoms with Crippen molar-refractivity contribution in [1.82, 2.24) is 14.7 Å². The number of nitrogens with one attached hydrogen (secondary N) is 1. The van der Waals surface area contributed by atoms with Gasteiger partial charge in [0.15, 0.2) is 5.78 Å². The summed E-state index contributed by atoms with van der Waals surface area (Å²) in [6.45, 7) is 6.33. The molecule has 2 saturated heterocycles. The third kappa shape index (κ3) is 5.29. The van der Waals surface area contributed by atoms with Gasteiger partial charge in [-0.15, -0.1) is 0 Å². The topological polar surface area (TPSA) is 73.0 Å². The molecule has 0 unspecified atom stereocenters. The van der Waals surface area contributed by atoms with E-state index < -0.39 is 0 Å². The molecule has 0 radical (unpaired) electrons. The number of ketones is 1. The molecule has 3 rings (SSSR count). The van der Waals surface area contributed by atoms with Crippen molar-refractivity contribution in [2.24, 2.45) is 0 Å². The number of anilines is 1. The lowest BCUT2D eigenvalue weighted by Gasteiger charge is -2.36. The number of piperazine rings is 1. The van der Waals surface area contributed by atoms with Gasteiger partial charge < -0.3 is 15.1 Å². The van der Waals surface area contributed by atoms with Crippen LogP contribution in [0.4, 0.5) is 10.5 Å². The molecule has 0 atom stereocenters. The monoisotopic (exact) mass is 372 g/mol. The molecular formula is C20H28N4O3. The molecule has 7 nitrogen and oxygen atoms in total. The molecule has 3 amide bonds. The van der Waals surface area contributed by atoms with E-state index in [1.807, 2.05) is 4.90 Å². The van der Waals surface area contributed by atoms with Gasteiger partial charge in [0, 0.05) is 50.5 Å². The molecule has 1 aromatic carbocycles. The van der Waals surface area contributed by atoms with E-state index in [4.69, 9.17) is 0 Å². The summed E-state index contributed by atoms with van der Waals surface area (Å²) in [6, 6.07) is 6.75. The third-order valence-electron chi connectivity index (χ3n) is 5.27. The Hall–Kier alpha value is -2.41. The molecule has 0 aromatic heterocycles. The van der Waals surface area contributed by atoms with Gasteiger partial charge >= 0.3 is 6.03 Å². The fraction of sp³-hybridized carbons (Fsp3) is 0.550. The lowest BCUT2D eigenvalue weighted by Crippen LogP contribution is -2.52. The summed E-state index contributed by atoms with van der Waals surface area (Å²) < 4.78 is 0. The van der Waals surface area contributed by atoms with E-state index in [1.54, 1.807) is 29.2 Å². The van der Waals surface area contributed by atoms with E-state index in [2.05, 4.69) is 10.2 Å². The minimum Gasteiger partial charge on any atom is -0.342 e. The second-order valence-corrected chi connectivity index (χ2v) is 7.27. The normalized spacial score (nSPS) is 18.3. The number of urea groups is 1. The Kier molecular flexibility index (Phi) is 6.45. The fourth-order valence-electron chi connectivity index (χ4n) is 3.53. The first-order valence-electron chi connectivity index (χ1n) is 9.70. The maximum absolute atomic E-state index is 12.4. The quantitative estimate of drug-likeness (QED) is 0.821. The number of benzene rings is 1. The average molecular weight is 372 g/mol. The van der Waals surface area contributed by atoms with Crippen LogP contribution in [0.15, 0.2) is 24.3 Å².